The highest BCUT2D eigenvalue weighted by Gasteiger charge is 2.52. The van der Waals surface area contributed by atoms with Gasteiger partial charge in [-0.25, -0.2) is 0 Å². The summed E-state index contributed by atoms with van der Waals surface area (Å²) in [6.07, 6.45) is -4.99. The summed E-state index contributed by atoms with van der Waals surface area (Å²) in [6.45, 7) is 0. The maximum absolute atomic E-state index is 12.0. The summed E-state index contributed by atoms with van der Waals surface area (Å²) in [4.78, 5) is 21.0. The second-order valence-corrected chi connectivity index (χ2v) is 2.02. The Morgan fingerprint density at radius 3 is 1.54 bits per heavy atom. The van der Waals surface area contributed by atoms with Gasteiger partial charge in [0, 0.05) is 0 Å². The lowest BCUT2D eigenvalue weighted by Crippen LogP contribution is -2.38. The Morgan fingerprint density at radius 1 is 1.08 bits per heavy atom. The summed E-state index contributed by atoms with van der Waals surface area (Å²) >= 11 is 0. The molecule has 0 aromatic carbocycles. The van der Waals surface area contributed by atoms with Crippen LogP contribution >= 0.6 is 0 Å². The predicted octanol–water partition coefficient (Wildman–Crippen LogP) is 0.511. The zero-order valence-corrected chi connectivity index (χ0v) is 6.84. The number of hydrogen-bond acceptors (Lipinski definition) is 4. The molecule has 0 heterocycles. The lowest BCUT2D eigenvalue weighted by atomic mass is 10.1. The van der Waals surface area contributed by atoms with Crippen LogP contribution in [0.5, 0.6) is 0 Å². The third-order valence-electron chi connectivity index (χ3n) is 1.20. The number of halogens is 3. The SMILES string of the molecule is COC(=O)C(C(=O)OC)C(F)(F)F. The average molecular weight is 200 g/mol. The number of esters is 2. The van der Waals surface area contributed by atoms with E-state index in [0.717, 1.165) is 14.2 Å². The van der Waals surface area contributed by atoms with E-state index in [2.05, 4.69) is 9.47 Å². The molecule has 0 saturated carbocycles. The van der Waals surface area contributed by atoms with Crippen molar-refractivity contribution in [3.05, 3.63) is 0 Å². The number of ether oxygens (including phenoxy) is 2. The topological polar surface area (TPSA) is 52.6 Å². The summed E-state index contributed by atoms with van der Waals surface area (Å²) in [5, 5.41) is 0. The first kappa shape index (κ1) is 11.7. The van der Waals surface area contributed by atoms with Gasteiger partial charge in [-0.05, 0) is 0 Å². The van der Waals surface area contributed by atoms with Crippen LogP contribution in [0.1, 0.15) is 0 Å². The predicted molar refractivity (Wildman–Crippen MR) is 33.6 cm³/mol. The molecule has 0 fully saturated rings. The van der Waals surface area contributed by atoms with E-state index >= 15 is 0 Å². The second-order valence-electron chi connectivity index (χ2n) is 2.02. The number of carbonyl (C=O) groups is 2. The Labute approximate surface area is 71.6 Å². The molecule has 0 aromatic rings. The maximum atomic E-state index is 12.0. The van der Waals surface area contributed by atoms with Crippen LogP contribution in [0.3, 0.4) is 0 Å². The first-order valence-corrected chi connectivity index (χ1v) is 3.07. The Kier molecular flexibility index (Phi) is 3.70. The molecule has 0 aliphatic carbocycles. The molecule has 0 radical (unpaired) electrons. The Morgan fingerprint density at radius 2 is 1.38 bits per heavy atom. The van der Waals surface area contributed by atoms with Gasteiger partial charge in [0.05, 0.1) is 14.2 Å². The third-order valence-corrected chi connectivity index (χ3v) is 1.20. The molecule has 7 heteroatoms. The molecule has 0 spiro atoms. The van der Waals surface area contributed by atoms with E-state index in [0.29, 0.717) is 0 Å². The van der Waals surface area contributed by atoms with Gasteiger partial charge in [0.15, 0.2) is 0 Å². The van der Waals surface area contributed by atoms with Gasteiger partial charge < -0.3 is 9.47 Å². The molecule has 13 heavy (non-hydrogen) atoms. The van der Waals surface area contributed by atoms with Crippen LogP contribution in [0.25, 0.3) is 0 Å². The fourth-order valence-electron chi connectivity index (χ4n) is 0.599. The zero-order chi connectivity index (χ0) is 10.6. The monoisotopic (exact) mass is 200 g/mol. The molecule has 0 bridgehead atoms. The van der Waals surface area contributed by atoms with Gasteiger partial charge >= 0.3 is 18.1 Å². The van der Waals surface area contributed by atoms with E-state index in [9.17, 15) is 22.8 Å². The van der Waals surface area contributed by atoms with Gasteiger partial charge in [-0.1, -0.05) is 0 Å². The smallest absolute Gasteiger partial charge is 0.412 e. The van der Waals surface area contributed by atoms with E-state index in [1.54, 1.807) is 0 Å². The summed E-state index contributed by atoms with van der Waals surface area (Å²) in [5.41, 5.74) is 0. The molecule has 0 unspecified atom stereocenters. The lowest BCUT2D eigenvalue weighted by molar-refractivity contribution is -0.206. The standard InChI is InChI=1S/C6H7F3O4/c1-12-4(10)3(5(11)13-2)6(7,8)9/h3H,1-2H3. The van der Waals surface area contributed by atoms with Crippen molar-refractivity contribution >= 4 is 11.9 Å². The van der Waals surface area contributed by atoms with Gasteiger partial charge in [0.2, 0.25) is 5.92 Å². The van der Waals surface area contributed by atoms with E-state index < -0.39 is 24.0 Å². The van der Waals surface area contributed by atoms with Crippen LogP contribution in [0.2, 0.25) is 0 Å². The molecule has 0 N–H and O–H groups in total. The molecular formula is C6H7F3O4. The first-order valence-electron chi connectivity index (χ1n) is 3.07. The van der Waals surface area contributed by atoms with Crippen LogP contribution < -0.4 is 0 Å². The summed E-state index contributed by atoms with van der Waals surface area (Å²) in [7, 11) is 1.51. The minimum absolute atomic E-state index is 0.754. The van der Waals surface area contributed by atoms with Crippen molar-refractivity contribution in [3.8, 4) is 0 Å². The molecular weight excluding hydrogens is 193 g/mol. The number of rotatable bonds is 2. The molecule has 4 nitrogen and oxygen atoms in total. The van der Waals surface area contributed by atoms with Gasteiger partial charge in [0.1, 0.15) is 0 Å². The summed E-state index contributed by atoms with van der Waals surface area (Å²) in [5.74, 6) is -6.22. The van der Waals surface area contributed by atoms with Crippen LogP contribution in [0, 0.1) is 5.92 Å². The highest BCUT2D eigenvalue weighted by Crippen LogP contribution is 2.28. The fraction of sp³-hybridized carbons (Fsp3) is 0.667. The third kappa shape index (κ3) is 2.92. The molecule has 0 amide bonds. The van der Waals surface area contributed by atoms with E-state index in [4.69, 9.17) is 0 Å². The molecule has 0 rings (SSSR count). The zero-order valence-electron chi connectivity index (χ0n) is 6.84. The van der Waals surface area contributed by atoms with Gasteiger partial charge in [-0.15, -0.1) is 0 Å². The number of carbonyl (C=O) groups excluding carboxylic acids is 2. The Bertz CT molecular complexity index is 194. The highest BCUT2D eigenvalue weighted by molar-refractivity contribution is 5.95. The second kappa shape index (κ2) is 4.11. The van der Waals surface area contributed by atoms with Crippen LogP contribution in [0.15, 0.2) is 0 Å². The highest BCUT2D eigenvalue weighted by atomic mass is 19.4. The normalized spacial score (nSPS) is 11.2. The van der Waals surface area contributed by atoms with Crippen LogP contribution in [0.4, 0.5) is 13.2 Å². The quantitative estimate of drug-likeness (QED) is 0.481. The molecule has 0 aliphatic heterocycles. The van der Waals surface area contributed by atoms with Gasteiger partial charge in [0.25, 0.3) is 0 Å². The fourth-order valence-corrected chi connectivity index (χ4v) is 0.599. The minimum atomic E-state index is -4.99. The maximum Gasteiger partial charge on any atom is 0.412 e. The van der Waals surface area contributed by atoms with E-state index in [1.807, 2.05) is 0 Å². The molecule has 0 aromatic heterocycles. The molecule has 76 valence electrons. The van der Waals surface area contributed by atoms with E-state index in [1.165, 1.54) is 0 Å². The molecule has 0 saturated heterocycles. The number of methoxy groups -OCH3 is 2. The van der Waals surface area contributed by atoms with Crippen molar-refractivity contribution in [2.45, 2.75) is 6.18 Å². The number of hydrogen-bond donors (Lipinski definition) is 0. The van der Waals surface area contributed by atoms with Gasteiger partial charge in [-0.3, -0.25) is 9.59 Å². The van der Waals surface area contributed by atoms with Crippen molar-refractivity contribution in [2.75, 3.05) is 14.2 Å². The van der Waals surface area contributed by atoms with E-state index in [-0.39, 0.29) is 0 Å². The largest absolute Gasteiger partial charge is 0.468 e. The van der Waals surface area contributed by atoms with Crippen molar-refractivity contribution in [2.24, 2.45) is 5.92 Å². The first-order chi connectivity index (χ1) is 5.84. The van der Waals surface area contributed by atoms with Crippen molar-refractivity contribution < 1.29 is 32.2 Å². The summed E-state index contributed by atoms with van der Waals surface area (Å²) in [6, 6.07) is 0. The summed E-state index contributed by atoms with van der Waals surface area (Å²) < 4.78 is 43.6. The average Bonchev–Trinajstić information content (AvgIpc) is 2.01. The van der Waals surface area contributed by atoms with Crippen molar-refractivity contribution in [3.63, 3.8) is 0 Å². The molecule has 0 aliphatic rings. The van der Waals surface area contributed by atoms with Crippen LogP contribution in [-0.4, -0.2) is 32.3 Å². The van der Waals surface area contributed by atoms with Crippen LogP contribution in [-0.2, 0) is 19.1 Å². The lowest BCUT2D eigenvalue weighted by Gasteiger charge is -2.14. The van der Waals surface area contributed by atoms with Crippen molar-refractivity contribution in [1.82, 2.24) is 0 Å². The van der Waals surface area contributed by atoms with Crippen molar-refractivity contribution in [1.29, 1.82) is 0 Å². The van der Waals surface area contributed by atoms with Gasteiger partial charge in [-0.2, -0.15) is 13.2 Å². The minimum Gasteiger partial charge on any atom is -0.468 e. The Hall–Kier alpha value is -1.27. The Balaban J connectivity index is 4.76. The number of alkyl halides is 3. The molecule has 0 atom stereocenters.